The minimum absolute atomic E-state index is 0.0537. The number of hydrogen-bond donors (Lipinski definition) is 6. The third kappa shape index (κ3) is 10.6. The standard InChI is InChI=1S/C24H35N3O2.C6H8O7/c1-6-29-21-9-7-8-19(22(21)28)17-27(16-18-10-12-25-13-11-18)20-14-23(2,3)26-24(4,5)15-20;7-3(8)1-6(13,5(11)12)2-4(9)10/h7-13,20,26,28H,6,14-17H2,1-5H3;13H,1-2H2,(H,7,8)(H,9,10)(H,11,12). The second-order valence-corrected chi connectivity index (χ2v) is 11.9. The van der Waals surface area contributed by atoms with Crippen molar-refractivity contribution in [1.82, 2.24) is 15.2 Å². The van der Waals surface area contributed by atoms with Crippen LogP contribution in [0.2, 0.25) is 0 Å². The number of para-hydroxylation sites is 1. The minimum atomic E-state index is -2.74. The van der Waals surface area contributed by atoms with Crippen molar-refractivity contribution in [2.24, 2.45) is 0 Å². The maximum absolute atomic E-state index is 10.8. The molecule has 0 radical (unpaired) electrons. The van der Waals surface area contributed by atoms with Crippen LogP contribution in [0.5, 0.6) is 11.5 Å². The largest absolute Gasteiger partial charge is 0.504 e. The molecule has 1 aliphatic heterocycles. The van der Waals surface area contributed by atoms with Gasteiger partial charge in [0.05, 0.1) is 19.4 Å². The van der Waals surface area contributed by atoms with Gasteiger partial charge in [0.25, 0.3) is 0 Å². The predicted octanol–water partition coefficient (Wildman–Crippen LogP) is 3.25. The zero-order valence-electron chi connectivity index (χ0n) is 24.8. The topological polar surface area (TPSA) is 190 Å². The summed E-state index contributed by atoms with van der Waals surface area (Å²) in [5, 5.41) is 48.4. The first-order chi connectivity index (χ1) is 19.5. The Labute approximate surface area is 246 Å². The van der Waals surface area contributed by atoms with Gasteiger partial charge in [0.2, 0.25) is 0 Å². The molecule has 3 rings (SSSR count). The normalized spacial score (nSPS) is 16.3. The average molecular weight is 590 g/mol. The molecule has 1 fully saturated rings. The summed E-state index contributed by atoms with van der Waals surface area (Å²) in [5.74, 6) is -4.21. The Balaban J connectivity index is 0.000000401. The van der Waals surface area contributed by atoms with Crippen molar-refractivity contribution in [3.63, 3.8) is 0 Å². The number of phenolic OH excluding ortho intramolecular Hbond substituents is 1. The number of carboxylic acids is 3. The first-order valence-corrected chi connectivity index (χ1v) is 13.7. The van der Waals surface area contributed by atoms with E-state index in [1.807, 2.05) is 37.5 Å². The van der Waals surface area contributed by atoms with E-state index in [1.54, 1.807) is 0 Å². The van der Waals surface area contributed by atoms with Gasteiger partial charge >= 0.3 is 17.9 Å². The Bertz CT molecular complexity index is 1190. The predicted molar refractivity (Wildman–Crippen MR) is 154 cm³/mol. The Hall–Kier alpha value is -3.74. The van der Waals surface area contributed by atoms with Crippen LogP contribution in [0, 0.1) is 0 Å². The van der Waals surface area contributed by atoms with Gasteiger partial charge < -0.3 is 35.6 Å². The van der Waals surface area contributed by atoms with Gasteiger partial charge in [-0.1, -0.05) is 12.1 Å². The number of pyridine rings is 1. The Morgan fingerprint density at radius 1 is 0.976 bits per heavy atom. The van der Waals surface area contributed by atoms with Crippen LogP contribution in [-0.4, -0.2) is 82.7 Å². The molecule has 0 unspecified atom stereocenters. The summed E-state index contributed by atoms with van der Waals surface area (Å²) in [6.45, 7) is 13.1. The number of piperidine rings is 1. The molecule has 12 heteroatoms. The lowest BCUT2D eigenvalue weighted by Gasteiger charge is -2.49. The molecule has 1 aromatic heterocycles. The Kier molecular flexibility index (Phi) is 11.8. The number of hydrogen-bond acceptors (Lipinski definition) is 9. The zero-order valence-corrected chi connectivity index (χ0v) is 24.8. The maximum atomic E-state index is 10.8. The Morgan fingerprint density at radius 3 is 2.00 bits per heavy atom. The molecule has 0 bridgehead atoms. The number of nitrogens with zero attached hydrogens (tertiary/aromatic N) is 2. The summed E-state index contributed by atoms with van der Waals surface area (Å²) >= 11 is 0. The number of carbonyl (C=O) groups is 3. The first kappa shape index (κ1) is 34.5. The summed E-state index contributed by atoms with van der Waals surface area (Å²) < 4.78 is 5.60. The van der Waals surface area contributed by atoms with Gasteiger partial charge in [-0.05, 0) is 71.2 Å². The summed E-state index contributed by atoms with van der Waals surface area (Å²) in [4.78, 5) is 37.1. The second kappa shape index (κ2) is 14.4. The van der Waals surface area contributed by atoms with E-state index in [-0.39, 0.29) is 16.8 Å². The lowest BCUT2D eigenvalue weighted by Crippen LogP contribution is -2.62. The van der Waals surface area contributed by atoms with E-state index in [4.69, 9.17) is 25.2 Å². The van der Waals surface area contributed by atoms with Crippen molar-refractivity contribution in [3.8, 4) is 11.5 Å². The molecule has 1 aromatic carbocycles. The molecule has 12 nitrogen and oxygen atoms in total. The molecule has 1 saturated heterocycles. The highest BCUT2D eigenvalue weighted by molar-refractivity contribution is 5.88. The summed E-state index contributed by atoms with van der Waals surface area (Å²) in [6, 6.07) is 10.3. The molecule has 2 aromatic rings. The van der Waals surface area contributed by atoms with E-state index >= 15 is 0 Å². The number of nitrogens with one attached hydrogen (secondary N) is 1. The molecule has 1 aliphatic rings. The van der Waals surface area contributed by atoms with E-state index in [1.165, 1.54) is 5.56 Å². The van der Waals surface area contributed by atoms with Crippen molar-refractivity contribution in [3.05, 3.63) is 53.9 Å². The van der Waals surface area contributed by atoms with Gasteiger partial charge in [-0.2, -0.15) is 0 Å². The maximum Gasteiger partial charge on any atom is 0.336 e. The molecule has 0 amide bonds. The number of benzene rings is 1. The summed E-state index contributed by atoms with van der Waals surface area (Å²) in [6.07, 6.45) is 3.50. The smallest absolute Gasteiger partial charge is 0.336 e. The van der Waals surface area contributed by atoms with Crippen LogP contribution in [0.3, 0.4) is 0 Å². The average Bonchev–Trinajstić information content (AvgIpc) is 2.84. The lowest BCUT2D eigenvalue weighted by atomic mass is 9.78. The van der Waals surface area contributed by atoms with Gasteiger partial charge in [-0.15, -0.1) is 0 Å². The number of ether oxygens (including phenoxy) is 1. The molecule has 0 atom stereocenters. The number of aromatic hydroxyl groups is 1. The molecule has 42 heavy (non-hydrogen) atoms. The van der Waals surface area contributed by atoms with Crippen LogP contribution in [0.4, 0.5) is 0 Å². The quantitative estimate of drug-likeness (QED) is 0.212. The van der Waals surface area contributed by atoms with Crippen LogP contribution in [-0.2, 0) is 27.5 Å². The molecule has 6 N–H and O–H groups in total. The highest BCUT2D eigenvalue weighted by Gasteiger charge is 2.41. The van der Waals surface area contributed by atoms with Crippen molar-refractivity contribution in [2.75, 3.05) is 6.61 Å². The molecule has 232 valence electrons. The van der Waals surface area contributed by atoms with E-state index < -0.39 is 36.4 Å². The number of aliphatic hydroxyl groups is 1. The second-order valence-electron chi connectivity index (χ2n) is 11.9. The third-order valence-electron chi connectivity index (χ3n) is 6.86. The number of phenols is 1. The third-order valence-corrected chi connectivity index (χ3v) is 6.86. The molecule has 2 heterocycles. The fraction of sp³-hybridized carbons (Fsp3) is 0.533. The molecule has 0 saturated carbocycles. The van der Waals surface area contributed by atoms with E-state index in [2.05, 4.69) is 55.0 Å². The monoisotopic (exact) mass is 589 g/mol. The van der Waals surface area contributed by atoms with E-state index in [0.29, 0.717) is 24.9 Å². The molecular formula is C30H43N3O9. The highest BCUT2D eigenvalue weighted by Crippen LogP contribution is 2.36. The molecular weight excluding hydrogens is 546 g/mol. The van der Waals surface area contributed by atoms with Gasteiger partial charge in [-0.25, -0.2) is 4.79 Å². The van der Waals surface area contributed by atoms with Crippen molar-refractivity contribution >= 4 is 17.9 Å². The fourth-order valence-electron chi connectivity index (χ4n) is 5.46. The number of aromatic nitrogens is 1. The van der Waals surface area contributed by atoms with Crippen molar-refractivity contribution < 1.29 is 44.7 Å². The minimum Gasteiger partial charge on any atom is -0.504 e. The van der Waals surface area contributed by atoms with Crippen LogP contribution in [0.15, 0.2) is 42.7 Å². The lowest BCUT2D eigenvalue weighted by molar-refractivity contribution is -0.170. The number of rotatable bonds is 12. The van der Waals surface area contributed by atoms with E-state index in [0.717, 1.165) is 24.9 Å². The van der Waals surface area contributed by atoms with Gasteiger partial charge in [-0.3, -0.25) is 19.5 Å². The number of carboxylic acid groups (broad SMARTS) is 3. The van der Waals surface area contributed by atoms with E-state index in [9.17, 15) is 19.5 Å². The zero-order chi connectivity index (χ0) is 31.7. The van der Waals surface area contributed by atoms with Crippen LogP contribution < -0.4 is 10.1 Å². The summed E-state index contributed by atoms with van der Waals surface area (Å²) in [5.41, 5.74) is -0.498. The van der Waals surface area contributed by atoms with Gasteiger partial charge in [0.15, 0.2) is 17.1 Å². The van der Waals surface area contributed by atoms with Crippen LogP contribution in [0.25, 0.3) is 0 Å². The highest BCUT2D eigenvalue weighted by atomic mass is 16.5. The van der Waals surface area contributed by atoms with Crippen molar-refractivity contribution in [1.29, 1.82) is 0 Å². The van der Waals surface area contributed by atoms with Crippen LogP contribution in [0.1, 0.15) is 71.4 Å². The van der Waals surface area contributed by atoms with Crippen LogP contribution >= 0.6 is 0 Å². The SMILES string of the molecule is CCOc1cccc(CN(Cc2ccncc2)C2CC(C)(C)NC(C)(C)C2)c1O.O=C(O)CC(O)(CC(=O)O)C(=O)O. The van der Waals surface area contributed by atoms with Gasteiger partial charge in [0, 0.05) is 48.2 Å². The molecule has 0 aliphatic carbocycles. The van der Waals surface area contributed by atoms with Crippen molar-refractivity contribution in [2.45, 2.75) is 96.1 Å². The number of aliphatic carboxylic acids is 3. The Morgan fingerprint density at radius 2 is 1.52 bits per heavy atom. The summed E-state index contributed by atoms with van der Waals surface area (Å²) in [7, 11) is 0. The fourth-order valence-corrected chi connectivity index (χ4v) is 5.46. The van der Waals surface area contributed by atoms with Gasteiger partial charge in [0.1, 0.15) is 0 Å². The first-order valence-electron chi connectivity index (χ1n) is 13.7. The molecule has 0 spiro atoms.